The van der Waals surface area contributed by atoms with Crippen LogP contribution in [0.3, 0.4) is 0 Å². The summed E-state index contributed by atoms with van der Waals surface area (Å²) in [6.07, 6.45) is 4.12. The van der Waals surface area contributed by atoms with E-state index in [0.29, 0.717) is 12.6 Å². The van der Waals surface area contributed by atoms with Gasteiger partial charge in [0.1, 0.15) is 5.82 Å². The molecule has 0 aliphatic heterocycles. The molecule has 3 rings (SSSR count). The summed E-state index contributed by atoms with van der Waals surface area (Å²) in [5.74, 6) is -0.878. The van der Waals surface area contributed by atoms with Crippen molar-refractivity contribution in [2.45, 2.75) is 44.2 Å². The van der Waals surface area contributed by atoms with Gasteiger partial charge < -0.3 is 5.11 Å². The minimum atomic E-state index is -0.761. The lowest BCUT2D eigenvalue weighted by Crippen LogP contribution is -2.32. The lowest BCUT2D eigenvalue weighted by Gasteiger charge is -2.29. The van der Waals surface area contributed by atoms with E-state index in [1.165, 1.54) is 6.07 Å². The van der Waals surface area contributed by atoms with E-state index in [1.807, 2.05) is 6.07 Å². The molecule has 0 spiro atoms. The summed E-state index contributed by atoms with van der Waals surface area (Å²) < 4.78 is 13.7. The monoisotopic (exact) mass is 263 g/mol. The van der Waals surface area contributed by atoms with Crippen molar-refractivity contribution in [1.29, 1.82) is 0 Å². The molecule has 3 nitrogen and oxygen atoms in total. The SMILES string of the molecule is O=C(O)CCN(C1CC1)C1CCc2c(F)cccc21. The Bertz CT molecular complexity index is 499. The molecule has 1 atom stereocenters. The maximum Gasteiger partial charge on any atom is 0.304 e. The lowest BCUT2D eigenvalue weighted by molar-refractivity contribution is -0.137. The van der Waals surface area contributed by atoms with Crippen molar-refractivity contribution in [2.24, 2.45) is 0 Å². The number of carbonyl (C=O) groups is 1. The number of carboxylic acids is 1. The number of halogens is 1. The number of aliphatic carboxylic acids is 1. The fourth-order valence-corrected chi connectivity index (χ4v) is 3.16. The standard InChI is InChI=1S/C15H18FNO2/c16-13-3-1-2-12-11(13)6-7-14(12)17(10-4-5-10)9-8-15(18)19/h1-3,10,14H,4-9H2,(H,18,19). The van der Waals surface area contributed by atoms with Crippen molar-refractivity contribution < 1.29 is 14.3 Å². The van der Waals surface area contributed by atoms with Crippen molar-refractivity contribution in [2.75, 3.05) is 6.54 Å². The second kappa shape index (κ2) is 4.93. The molecule has 0 amide bonds. The predicted molar refractivity (Wildman–Crippen MR) is 69.4 cm³/mol. The molecular weight excluding hydrogens is 245 g/mol. The number of nitrogens with zero attached hydrogens (tertiary/aromatic N) is 1. The first-order valence-electron chi connectivity index (χ1n) is 6.91. The molecule has 0 radical (unpaired) electrons. The van der Waals surface area contributed by atoms with Gasteiger partial charge in [-0.25, -0.2) is 4.39 Å². The third-order valence-electron chi connectivity index (χ3n) is 4.18. The Morgan fingerprint density at radius 3 is 2.84 bits per heavy atom. The van der Waals surface area contributed by atoms with E-state index in [0.717, 1.165) is 36.8 Å². The fraction of sp³-hybridized carbons (Fsp3) is 0.533. The van der Waals surface area contributed by atoms with Crippen LogP contribution >= 0.6 is 0 Å². The molecule has 0 aromatic heterocycles. The van der Waals surface area contributed by atoms with E-state index >= 15 is 0 Å². The first-order valence-corrected chi connectivity index (χ1v) is 6.91. The van der Waals surface area contributed by atoms with Crippen LogP contribution < -0.4 is 0 Å². The minimum absolute atomic E-state index is 0.117. The molecule has 1 aromatic rings. The van der Waals surface area contributed by atoms with Crippen LogP contribution in [0.5, 0.6) is 0 Å². The van der Waals surface area contributed by atoms with Gasteiger partial charge in [0.15, 0.2) is 0 Å². The van der Waals surface area contributed by atoms with Crippen molar-refractivity contribution >= 4 is 5.97 Å². The molecule has 102 valence electrons. The van der Waals surface area contributed by atoms with Crippen molar-refractivity contribution in [3.05, 3.63) is 35.1 Å². The summed E-state index contributed by atoms with van der Waals surface area (Å²) in [5, 5.41) is 8.86. The van der Waals surface area contributed by atoms with Crippen LogP contribution in [0.25, 0.3) is 0 Å². The summed E-state index contributed by atoms with van der Waals surface area (Å²) in [6, 6.07) is 5.97. The van der Waals surface area contributed by atoms with E-state index < -0.39 is 5.97 Å². The Morgan fingerprint density at radius 2 is 2.16 bits per heavy atom. The maximum absolute atomic E-state index is 13.7. The quantitative estimate of drug-likeness (QED) is 0.888. The summed E-state index contributed by atoms with van der Waals surface area (Å²) in [5.41, 5.74) is 1.89. The number of rotatable bonds is 5. The molecule has 2 aliphatic carbocycles. The second-order valence-corrected chi connectivity index (χ2v) is 5.47. The van der Waals surface area contributed by atoms with Crippen LogP contribution in [-0.4, -0.2) is 28.6 Å². The molecule has 2 aliphatic rings. The van der Waals surface area contributed by atoms with Gasteiger partial charge in [0.2, 0.25) is 0 Å². The second-order valence-electron chi connectivity index (χ2n) is 5.47. The van der Waals surface area contributed by atoms with Crippen LogP contribution in [0, 0.1) is 5.82 Å². The third-order valence-corrected chi connectivity index (χ3v) is 4.18. The topological polar surface area (TPSA) is 40.5 Å². The average molecular weight is 263 g/mol. The van der Waals surface area contributed by atoms with Gasteiger partial charge in [-0.15, -0.1) is 0 Å². The van der Waals surface area contributed by atoms with Gasteiger partial charge in [-0.05, 0) is 42.9 Å². The third kappa shape index (κ3) is 2.50. The molecule has 4 heteroatoms. The van der Waals surface area contributed by atoms with Crippen LogP contribution in [0.15, 0.2) is 18.2 Å². The molecule has 1 unspecified atom stereocenters. The highest BCUT2D eigenvalue weighted by Crippen LogP contribution is 2.42. The molecule has 1 N–H and O–H groups in total. The Hall–Kier alpha value is -1.42. The molecule has 1 saturated carbocycles. The van der Waals surface area contributed by atoms with Gasteiger partial charge >= 0.3 is 5.97 Å². The van der Waals surface area contributed by atoms with Crippen molar-refractivity contribution in [3.63, 3.8) is 0 Å². The van der Waals surface area contributed by atoms with Crippen molar-refractivity contribution in [3.8, 4) is 0 Å². The van der Waals surface area contributed by atoms with Gasteiger partial charge in [0.05, 0.1) is 6.42 Å². The first-order chi connectivity index (χ1) is 9.16. The number of hydrogen-bond donors (Lipinski definition) is 1. The zero-order valence-electron chi connectivity index (χ0n) is 10.8. The minimum Gasteiger partial charge on any atom is -0.481 e. The van der Waals surface area contributed by atoms with Crippen LogP contribution in [0.2, 0.25) is 0 Å². The number of benzene rings is 1. The zero-order valence-corrected chi connectivity index (χ0v) is 10.8. The van der Waals surface area contributed by atoms with Crippen molar-refractivity contribution in [1.82, 2.24) is 4.90 Å². The van der Waals surface area contributed by atoms with E-state index in [1.54, 1.807) is 6.07 Å². The molecule has 19 heavy (non-hydrogen) atoms. The van der Waals surface area contributed by atoms with Gasteiger partial charge in [-0.1, -0.05) is 12.1 Å². The Labute approximate surface area is 112 Å². The van der Waals surface area contributed by atoms with Crippen LogP contribution in [0.1, 0.15) is 42.9 Å². The normalized spacial score (nSPS) is 21.7. The Kier molecular flexibility index (Phi) is 3.27. The summed E-state index contributed by atoms with van der Waals surface area (Å²) >= 11 is 0. The molecule has 0 bridgehead atoms. The number of hydrogen-bond acceptors (Lipinski definition) is 2. The van der Waals surface area contributed by atoms with Gasteiger partial charge in [-0.2, -0.15) is 0 Å². The Morgan fingerprint density at radius 1 is 1.37 bits per heavy atom. The Balaban J connectivity index is 1.81. The molecule has 1 fully saturated rings. The zero-order chi connectivity index (χ0) is 13.4. The summed E-state index contributed by atoms with van der Waals surface area (Å²) in [6.45, 7) is 0.570. The van der Waals surface area contributed by atoms with E-state index in [-0.39, 0.29) is 18.3 Å². The number of fused-ring (bicyclic) bond motifs is 1. The highest BCUT2D eigenvalue weighted by atomic mass is 19.1. The highest BCUT2D eigenvalue weighted by Gasteiger charge is 2.38. The predicted octanol–water partition coefficient (Wildman–Crippen LogP) is 2.75. The summed E-state index contributed by atoms with van der Waals surface area (Å²) in [7, 11) is 0. The van der Waals surface area contributed by atoms with Gasteiger partial charge in [0.25, 0.3) is 0 Å². The van der Waals surface area contributed by atoms with E-state index in [4.69, 9.17) is 5.11 Å². The molecular formula is C15H18FNO2. The van der Waals surface area contributed by atoms with Gasteiger partial charge in [0, 0.05) is 18.6 Å². The molecule has 1 aromatic carbocycles. The van der Waals surface area contributed by atoms with Crippen LogP contribution in [0.4, 0.5) is 4.39 Å². The molecule has 0 saturated heterocycles. The van der Waals surface area contributed by atoms with E-state index in [2.05, 4.69) is 4.90 Å². The smallest absolute Gasteiger partial charge is 0.304 e. The largest absolute Gasteiger partial charge is 0.481 e. The average Bonchev–Trinajstić information content (AvgIpc) is 3.11. The number of carboxylic acid groups (broad SMARTS) is 1. The highest BCUT2D eigenvalue weighted by molar-refractivity contribution is 5.66. The summed E-state index contributed by atoms with van der Waals surface area (Å²) in [4.78, 5) is 13.1. The first kappa shape index (κ1) is 12.6. The lowest BCUT2D eigenvalue weighted by atomic mass is 10.1. The van der Waals surface area contributed by atoms with Crippen LogP contribution in [-0.2, 0) is 11.2 Å². The fourth-order valence-electron chi connectivity index (χ4n) is 3.16. The maximum atomic E-state index is 13.7. The van der Waals surface area contributed by atoms with Gasteiger partial charge in [-0.3, -0.25) is 9.69 Å². The van der Waals surface area contributed by atoms with E-state index in [9.17, 15) is 9.18 Å². The molecule has 0 heterocycles.